The first-order chi connectivity index (χ1) is 17.1. The Hall–Kier alpha value is -1.49. The van der Waals surface area contributed by atoms with Crippen LogP contribution < -0.4 is 5.73 Å². The molecule has 35 heavy (non-hydrogen) atoms. The van der Waals surface area contributed by atoms with E-state index < -0.39 is 0 Å². The van der Waals surface area contributed by atoms with E-state index in [1.165, 1.54) is 68.2 Å². The SMILES string of the molecule is NCC1CCC(C=NC(=S)C23CC4CC(c5ccccc5)(CC(C2)C4Sc2ccccc2)C3)CC1. The van der Waals surface area contributed by atoms with Crippen LogP contribution in [0, 0.1) is 29.1 Å². The Balaban J connectivity index is 1.26. The lowest BCUT2D eigenvalue weighted by atomic mass is 9.42. The van der Waals surface area contributed by atoms with Gasteiger partial charge in [0.1, 0.15) is 4.99 Å². The van der Waals surface area contributed by atoms with Crippen LogP contribution >= 0.6 is 24.0 Å². The summed E-state index contributed by atoms with van der Waals surface area (Å²) >= 11 is 8.33. The van der Waals surface area contributed by atoms with Gasteiger partial charge in [0.05, 0.1) is 0 Å². The van der Waals surface area contributed by atoms with Crippen LogP contribution in [0.15, 0.2) is 70.6 Å². The quantitative estimate of drug-likeness (QED) is 0.329. The molecule has 0 saturated heterocycles. The summed E-state index contributed by atoms with van der Waals surface area (Å²) in [4.78, 5) is 7.52. The molecule has 0 spiro atoms. The van der Waals surface area contributed by atoms with E-state index in [1.807, 2.05) is 0 Å². The molecule has 2 N–H and O–H groups in total. The topological polar surface area (TPSA) is 38.4 Å². The highest BCUT2D eigenvalue weighted by Gasteiger charge is 2.63. The van der Waals surface area contributed by atoms with Gasteiger partial charge in [-0.15, -0.1) is 11.8 Å². The lowest BCUT2D eigenvalue weighted by Crippen LogP contribution is -2.60. The fourth-order valence-corrected chi connectivity index (χ4v) is 9.91. The van der Waals surface area contributed by atoms with E-state index in [2.05, 4.69) is 78.6 Å². The number of hydrogen-bond donors (Lipinski definition) is 1. The second-order valence-corrected chi connectivity index (χ2v) is 13.6. The smallest absolute Gasteiger partial charge is 0.109 e. The van der Waals surface area contributed by atoms with Crippen molar-refractivity contribution in [1.29, 1.82) is 0 Å². The van der Waals surface area contributed by atoms with Crippen molar-refractivity contribution in [3.8, 4) is 0 Å². The molecule has 2 aromatic rings. The minimum absolute atomic E-state index is 0.0930. The van der Waals surface area contributed by atoms with Crippen LogP contribution in [-0.4, -0.2) is 23.0 Å². The lowest BCUT2D eigenvalue weighted by molar-refractivity contribution is -0.0283. The Labute approximate surface area is 220 Å². The van der Waals surface area contributed by atoms with Gasteiger partial charge in [-0.2, -0.15) is 0 Å². The molecule has 2 atom stereocenters. The highest BCUT2D eigenvalue weighted by atomic mass is 32.2. The summed E-state index contributed by atoms with van der Waals surface area (Å²) in [6.45, 7) is 0.831. The largest absolute Gasteiger partial charge is 0.330 e. The Morgan fingerprint density at radius 3 is 2.17 bits per heavy atom. The van der Waals surface area contributed by atoms with Gasteiger partial charge in [-0.05, 0) is 111 Å². The number of nitrogens with two attached hydrogens (primary N) is 1. The summed E-state index contributed by atoms with van der Waals surface area (Å²) in [7, 11) is 0. The maximum atomic E-state index is 6.20. The van der Waals surface area contributed by atoms with E-state index >= 15 is 0 Å². The van der Waals surface area contributed by atoms with E-state index in [0.29, 0.717) is 28.9 Å². The van der Waals surface area contributed by atoms with Crippen LogP contribution in [0.25, 0.3) is 0 Å². The van der Waals surface area contributed by atoms with Crippen LogP contribution in [0.5, 0.6) is 0 Å². The van der Waals surface area contributed by atoms with Crippen LogP contribution in [0.3, 0.4) is 0 Å². The van der Waals surface area contributed by atoms with Crippen LogP contribution in [0.2, 0.25) is 0 Å². The second-order valence-electron chi connectivity index (χ2n) is 11.9. The first-order valence-corrected chi connectivity index (χ1v) is 14.9. The lowest BCUT2D eigenvalue weighted by Gasteiger charge is -2.64. The van der Waals surface area contributed by atoms with Crippen LogP contribution in [0.1, 0.15) is 63.4 Å². The summed E-state index contributed by atoms with van der Waals surface area (Å²) in [6.07, 6.45) is 13.4. The number of thioether (sulfide) groups is 1. The standard InChI is InChI=1S/C31H38N2S2/c32-19-22-11-13-23(14-12-22)20-33-29(34)31-17-24-15-30(21-31,26-7-3-1-4-8-26)16-25(18-31)28(24)35-27-9-5-2-6-10-27/h1-10,20,22-25,28H,11-19,21,32H2. The number of benzene rings is 2. The minimum atomic E-state index is 0.0930. The number of rotatable bonds is 6. The van der Waals surface area contributed by atoms with Gasteiger partial charge in [0.2, 0.25) is 0 Å². The molecule has 0 radical (unpaired) electrons. The van der Waals surface area contributed by atoms with E-state index in [9.17, 15) is 0 Å². The van der Waals surface area contributed by atoms with Gasteiger partial charge in [-0.25, -0.2) is 0 Å². The summed E-state index contributed by atoms with van der Waals surface area (Å²) in [5.74, 6) is 2.69. The molecular weight excluding hydrogens is 464 g/mol. The van der Waals surface area contributed by atoms with Gasteiger partial charge in [0.15, 0.2) is 0 Å². The van der Waals surface area contributed by atoms with Gasteiger partial charge in [0, 0.05) is 21.8 Å². The normalized spacial score (nSPS) is 38.1. The Kier molecular flexibility index (Phi) is 6.66. The zero-order valence-electron chi connectivity index (χ0n) is 20.6. The molecule has 2 aromatic carbocycles. The third kappa shape index (κ3) is 4.55. The molecule has 4 heteroatoms. The average molecular weight is 503 g/mol. The molecular formula is C31H38N2S2. The minimum Gasteiger partial charge on any atom is -0.330 e. The second kappa shape index (κ2) is 9.76. The monoisotopic (exact) mass is 502 g/mol. The third-order valence-corrected chi connectivity index (χ3v) is 11.8. The first kappa shape index (κ1) is 23.9. The average Bonchev–Trinajstić information content (AvgIpc) is 2.90. The van der Waals surface area contributed by atoms with Crippen molar-refractivity contribution in [1.82, 2.24) is 0 Å². The maximum absolute atomic E-state index is 6.20. The first-order valence-electron chi connectivity index (χ1n) is 13.7. The van der Waals surface area contributed by atoms with Crippen molar-refractivity contribution in [3.05, 3.63) is 66.2 Å². The molecule has 4 bridgehead atoms. The Morgan fingerprint density at radius 2 is 1.54 bits per heavy atom. The van der Waals surface area contributed by atoms with Gasteiger partial charge in [-0.3, -0.25) is 4.99 Å². The zero-order valence-corrected chi connectivity index (χ0v) is 22.3. The highest BCUT2D eigenvalue weighted by Crippen LogP contribution is 2.68. The van der Waals surface area contributed by atoms with Gasteiger partial charge >= 0.3 is 0 Å². The van der Waals surface area contributed by atoms with Crippen molar-refractivity contribution in [2.24, 2.45) is 39.8 Å². The molecule has 0 aromatic heterocycles. The van der Waals surface area contributed by atoms with Crippen molar-refractivity contribution in [3.63, 3.8) is 0 Å². The predicted molar refractivity (Wildman–Crippen MR) is 152 cm³/mol. The summed E-state index contributed by atoms with van der Waals surface area (Å²) in [5.41, 5.74) is 7.80. The molecule has 5 saturated carbocycles. The maximum Gasteiger partial charge on any atom is 0.109 e. The highest BCUT2D eigenvalue weighted by molar-refractivity contribution is 8.00. The van der Waals surface area contributed by atoms with Crippen molar-refractivity contribution >= 4 is 35.2 Å². The number of aliphatic imine (C=N–C) groups is 1. The van der Waals surface area contributed by atoms with Crippen molar-refractivity contribution < 1.29 is 0 Å². The zero-order chi connectivity index (χ0) is 23.9. The molecule has 5 aliphatic carbocycles. The fraction of sp³-hybridized carbons (Fsp3) is 0.548. The van der Waals surface area contributed by atoms with Gasteiger partial charge in [0.25, 0.3) is 0 Å². The van der Waals surface area contributed by atoms with Crippen molar-refractivity contribution in [2.75, 3.05) is 6.54 Å². The molecule has 0 aliphatic heterocycles. The molecule has 2 unspecified atom stereocenters. The number of nitrogens with zero attached hydrogens (tertiary/aromatic N) is 1. The molecule has 0 amide bonds. The van der Waals surface area contributed by atoms with Gasteiger partial charge in [-0.1, -0.05) is 60.7 Å². The third-order valence-electron chi connectivity index (χ3n) is 9.70. The van der Waals surface area contributed by atoms with Crippen LogP contribution in [0.4, 0.5) is 0 Å². The van der Waals surface area contributed by atoms with E-state index in [-0.39, 0.29) is 10.8 Å². The summed E-state index contributed by atoms with van der Waals surface area (Å²) in [6, 6.07) is 22.4. The number of hydrogen-bond acceptors (Lipinski definition) is 3. The van der Waals surface area contributed by atoms with E-state index in [4.69, 9.17) is 22.9 Å². The molecule has 7 rings (SSSR count). The summed E-state index contributed by atoms with van der Waals surface area (Å²) < 4.78 is 0. The van der Waals surface area contributed by atoms with E-state index in [0.717, 1.165) is 11.5 Å². The molecule has 0 heterocycles. The predicted octanol–water partition coefficient (Wildman–Crippen LogP) is 7.46. The Morgan fingerprint density at radius 1 is 0.914 bits per heavy atom. The fourth-order valence-electron chi connectivity index (χ4n) is 8.22. The summed E-state index contributed by atoms with van der Waals surface area (Å²) in [5, 5.41) is 0.695. The van der Waals surface area contributed by atoms with E-state index in [1.54, 1.807) is 0 Å². The molecule has 184 valence electrons. The van der Waals surface area contributed by atoms with Gasteiger partial charge < -0.3 is 5.73 Å². The van der Waals surface area contributed by atoms with Crippen LogP contribution in [-0.2, 0) is 5.41 Å². The molecule has 5 aliphatic rings. The van der Waals surface area contributed by atoms with Crippen molar-refractivity contribution in [2.45, 2.75) is 73.3 Å². The molecule has 2 nitrogen and oxygen atoms in total. The molecule has 5 fully saturated rings. The Bertz CT molecular complexity index is 1040. The number of thiocarbonyl (C=S) groups is 1.